The minimum Gasteiger partial charge on any atom is -0.507 e. The molecule has 0 aromatic heterocycles. The molecule has 2 fully saturated rings. The van der Waals surface area contributed by atoms with E-state index in [9.17, 15) is 10.2 Å². The number of likely N-dealkylation sites (tertiary alicyclic amines) is 1. The maximum atomic E-state index is 9.98. The molecule has 3 rings (SSSR count). The Balaban J connectivity index is 1.79. The van der Waals surface area contributed by atoms with E-state index in [1.165, 1.54) is 12.8 Å². The summed E-state index contributed by atoms with van der Waals surface area (Å²) < 4.78 is 0. The SMILES string of the molecule is CC(c1c(O)cccc1O)N1C[C@@H]2CCCN[C@@H]2C1. The molecule has 0 spiro atoms. The number of phenols is 2. The number of phenolic OH excluding ortho intramolecular Hbond substituents is 2. The molecule has 1 aromatic carbocycles. The number of hydrogen-bond acceptors (Lipinski definition) is 4. The lowest BCUT2D eigenvalue weighted by Crippen LogP contribution is -2.40. The molecule has 2 saturated heterocycles. The van der Waals surface area contributed by atoms with Gasteiger partial charge < -0.3 is 15.5 Å². The summed E-state index contributed by atoms with van der Waals surface area (Å²) in [4.78, 5) is 2.36. The Morgan fingerprint density at radius 2 is 2.00 bits per heavy atom. The van der Waals surface area contributed by atoms with E-state index in [0.717, 1.165) is 19.6 Å². The molecule has 1 aromatic rings. The first-order valence-electron chi connectivity index (χ1n) is 7.15. The van der Waals surface area contributed by atoms with Crippen molar-refractivity contribution in [1.82, 2.24) is 10.2 Å². The Bertz CT molecular complexity index is 429. The van der Waals surface area contributed by atoms with E-state index < -0.39 is 0 Å². The molecule has 1 unspecified atom stereocenters. The number of fused-ring (bicyclic) bond motifs is 1. The Morgan fingerprint density at radius 1 is 1.26 bits per heavy atom. The Labute approximate surface area is 114 Å². The summed E-state index contributed by atoms with van der Waals surface area (Å²) in [7, 11) is 0. The van der Waals surface area contributed by atoms with Crippen molar-refractivity contribution < 1.29 is 10.2 Å². The Hall–Kier alpha value is -1.26. The van der Waals surface area contributed by atoms with Gasteiger partial charge >= 0.3 is 0 Å². The first-order chi connectivity index (χ1) is 9.16. The first-order valence-corrected chi connectivity index (χ1v) is 7.15. The van der Waals surface area contributed by atoms with Gasteiger partial charge in [0.05, 0.1) is 5.56 Å². The van der Waals surface area contributed by atoms with Crippen LogP contribution in [0.2, 0.25) is 0 Å². The van der Waals surface area contributed by atoms with Crippen LogP contribution in [0.3, 0.4) is 0 Å². The van der Waals surface area contributed by atoms with Gasteiger partial charge in [0, 0.05) is 25.2 Å². The second-order valence-electron chi connectivity index (χ2n) is 5.80. The minimum absolute atomic E-state index is 0.0496. The molecule has 2 heterocycles. The molecule has 3 atom stereocenters. The average molecular weight is 262 g/mol. The molecule has 0 aliphatic carbocycles. The molecule has 2 aliphatic heterocycles. The van der Waals surface area contributed by atoms with Crippen LogP contribution in [0.15, 0.2) is 18.2 Å². The van der Waals surface area contributed by atoms with Gasteiger partial charge in [0.2, 0.25) is 0 Å². The van der Waals surface area contributed by atoms with Crippen LogP contribution in [-0.2, 0) is 0 Å². The van der Waals surface area contributed by atoms with Crippen LogP contribution >= 0.6 is 0 Å². The third kappa shape index (κ3) is 2.30. The van der Waals surface area contributed by atoms with Crippen LogP contribution < -0.4 is 5.32 Å². The van der Waals surface area contributed by atoms with Crippen LogP contribution in [0.4, 0.5) is 0 Å². The van der Waals surface area contributed by atoms with Gasteiger partial charge in [-0.1, -0.05) is 6.07 Å². The van der Waals surface area contributed by atoms with Crippen molar-refractivity contribution in [2.24, 2.45) is 5.92 Å². The number of nitrogens with one attached hydrogen (secondary N) is 1. The van der Waals surface area contributed by atoms with Crippen LogP contribution in [0.5, 0.6) is 11.5 Å². The minimum atomic E-state index is 0.0496. The van der Waals surface area contributed by atoms with Gasteiger partial charge in [-0.3, -0.25) is 4.90 Å². The van der Waals surface area contributed by atoms with E-state index in [0.29, 0.717) is 17.5 Å². The standard InChI is InChI=1S/C15H22N2O2/c1-10(15-13(18)5-2-6-14(15)19)17-8-11-4-3-7-16-12(11)9-17/h2,5-6,10-12,16,18-19H,3-4,7-9H2,1H3/t10?,11-,12+/m0/s1. The van der Waals surface area contributed by atoms with Crippen LogP contribution in [0, 0.1) is 5.92 Å². The summed E-state index contributed by atoms with van der Waals surface area (Å²) in [6.45, 7) is 5.23. The summed E-state index contributed by atoms with van der Waals surface area (Å²) in [5.74, 6) is 1.09. The predicted octanol–water partition coefficient (Wildman–Crippen LogP) is 1.84. The zero-order chi connectivity index (χ0) is 13.4. The molecule has 4 heteroatoms. The van der Waals surface area contributed by atoms with Crippen molar-refractivity contribution in [1.29, 1.82) is 0 Å². The molecule has 19 heavy (non-hydrogen) atoms. The molecule has 104 valence electrons. The number of benzene rings is 1. The monoisotopic (exact) mass is 262 g/mol. The lowest BCUT2D eigenvalue weighted by Gasteiger charge is -2.26. The van der Waals surface area contributed by atoms with Gasteiger partial charge in [-0.05, 0) is 44.4 Å². The molecule has 2 aliphatic rings. The van der Waals surface area contributed by atoms with E-state index in [2.05, 4.69) is 17.1 Å². The van der Waals surface area contributed by atoms with Crippen molar-refractivity contribution in [2.75, 3.05) is 19.6 Å². The summed E-state index contributed by atoms with van der Waals surface area (Å²) >= 11 is 0. The fourth-order valence-corrected chi connectivity index (χ4v) is 3.55. The molecular weight excluding hydrogens is 240 g/mol. The molecule has 0 bridgehead atoms. The van der Waals surface area contributed by atoms with Crippen molar-refractivity contribution in [2.45, 2.75) is 31.8 Å². The fourth-order valence-electron chi connectivity index (χ4n) is 3.55. The average Bonchev–Trinajstić information content (AvgIpc) is 2.82. The number of hydrogen-bond donors (Lipinski definition) is 3. The summed E-state index contributed by atoms with van der Waals surface area (Å²) in [5.41, 5.74) is 0.654. The van der Waals surface area contributed by atoms with Gasteiger partial charge in [-0.25, -0.2) is 0 Å². The third-order valence-corrected chi connectivity index (χ3v) is 4.65. The van der Waals surface area contributed by atoms with Crippen LogP contribution in [-0.4, -0.2) is 40.8 Å². The van der Waals surface area contributed by atoms with Crippen molar-refractivity contribution in [3.8, 4) is 11.5 Å². The highest BCUT2D eigenvalue weighted by Gasteiger charge is 2.37. The van der Waals surface area contributed by atoms with E-state index in [-0.39, 0.29) is 17.5 Å². The normalized spacial score (nSPS) is 29.1. The lowest BCUT2D eigenvalue weighted by molar-refractivity contribution is 0.241. The van der Waals surface area contributed by atoms with E-state index in [1.54, 1.807) is 18.2 Å². The number of nitrogens with zero attached hydrogens (tertiary/aromatic N) is 1. The number of aromatic hydroxyl groups is 2. The summed E-state index contributed by atoms with van der Waals surface area (Å²) in [6.07, 6.45) is 2.54. The summed E-state index contributed by atoms with van der Waals surface area (Å²) in [6, 6.07) is 5.59. The fraction of sp³-hybridized carbons (Fsp3) is 0.600. The quantitative estimate of drug-likeness (QED) is 0.761. The first kappa shape index (κ1) is 12.8. The zero-order valence-electron chi connectivity index (χ0n) is 11.3. The topological polar surface area (TPSA) is 55.7 Å². The van der Waals surface area contributed by atoms with Crippen LogP contribution in [0.25, 0.3) is 0 Å². The molecule has 0 radical (unpaired) electrons. The predicted molar refractivity (Wildman–Crippen MR) is 74.3 cm³/mol. The largest absolute Gasteiger partial charge is 0.507 e. The Morgan fingerprint density at radius 3 is 2.68 bits per heavy atom. The highest BCUT2D eigenvalue weighted by atomic mass is 16.3. The van der Waals surface area contributed by atoms with Gasteiger partial charge in [0.25, 0.3) is 0 Å². The second-order valence-corrected chi connectivity index (χ2v) is 5.80. The second kappa shape index (κ2) is 5.02. The maximum Gasteiger partial charge on any atom is 0.124 e. The van der Waals surface area contributed by atoms with E-state index in [4.69, 9.17) is 0 Å². The molecule has 3 N–H and O–H groups in total. The maximum absolute atomic E-state index is 9.98. The molecule has 4 nitrogen and oxygen atoms in total. The smallest absolute Gasteiger partial charge is 0.124 e. The van der Waals surface area contributed by atoms with Crippen molar-refractivity contribution in [3.05, 3.63) is 23.8 Å². The summed E-state index contributed by atoms with van der Waals surface area (Å²) in [5, 5.41) is 23.5. The molecular formula is C15H22N2O2. The Kier molecular flexibility index (Phi) is 3.37. The third-order valence-electron chi connectivity index (χ3n) is 4.65. The molecule has 0 amide bonds. The lowest BCUT2D eigenvalue weighted by atomic mass is 9.94. The highest BCUT2D eigenvalue weighted by Crippen LogP contribution is 2.38. The highest BCUT2D eigenvalue weighted by molar-refractivity contribution is 5.45. The van der Waals surface area contributed by atoms with Crippen molar-refractivity contribution in [3.63, 3.8) is 0 Å². The van der Waals surface area contributed by atoms with Gasteiger partial charge in [0.15, 0.2) is 0 Å². The van der Waals surface area contributed by atoms with E-state index in [1.807, 2.05) is 0 Å². The van der Waals surface area contributed by atoms with Crippen LogP contribution in [0.1, 0.15) is 31.4 Å². The van der Waals surface area contributed by atoms with Gasteiger partial charge in [-0.2, -0.15) is 0 Å². The van der Waals surface area contributed by atoms with Gasteiger partial charge in [0.1, 0.15) is 11.5 Å². The number of rotatable bonds is 2. The van der Waals surface area contributed by atoms with Crippen molar-refractivity contribution >= 4 is 0 Å². The molecule has 0 saturated carbocycles. The number of piperidine rings is 1. The zero-order valence-corrected chi connectivity index (χ0v) is 11.3. The van der Waals surface area contributed by atoms with E-state index >= 15 is 0 Å². The van der Waals surface area contributed by atoms with Gasteiger partial charge in [-0.15, -0.1) is 0 Å².